The molecule has 1 aromatic carbocycles. The number of hydrogen-bond acceptors (Lipinski definition) is 2. The molecule has 1 aromatic heterocycles. The third-order valence-electron chi connectivity index (χ3n) is 4.78. The van der Waals surface area contributed by atoms with E-state index < -0.39 is 0 Å². The SMILES string of the molecule is Cc1ccccc1CN1CCCC(c2nccn2C(C)C)C1. The second kappa shape index (κ2) is 6.66. The maximum atomic E-state index is 4.66. The minimum absolute atomic E-state index is 0.490. The van der Waals surface area contributed by atoms with E-state index in [2.05, 4.69) is 65.7 Å². The van der Waals surface area contributed by atoms with Gasteiger partial charge in [0.25, 0.3) is 0 Å². The third kappa shape index (κ3) is 3.25. The van der Waals surface area contributed by atoms with Crippen molar-refractivity contribution in [3.8, 4) is 0 Å². The highest BCUT2D eigenvalue weighted by Gasteiger charge is 2.25. The summed E-state index contributed by atoms with van der Waals surface area (Å²) in [6.07, 6.45) is 6.60. The summed E-state index contributed by atoms with van der Waals surface area (Å²) in [5.74, 6) is 1.83. The minimum atomic E-state index is 0.490. The lowest BCUT2D eigenvalue weighted by molar-refractivity contribution is 0.193. The Morgan fingerprint density at radius 2 is 2.09 bits per heavy atom. The monoisotopic (exact) mass is 297 g/mol. The number of likely N-dealkylation sites (tertiary alicyclic amines) is 1. The number of nitrogens with zero attached hydrogens (tertiary/aromatic N) is 3. The summed E-state index contributed by atoms with van der Waals surface area (Å²) in [6, 6.07) is 9.23. The van der Waals surface area contributed by atoms with Crippen LogP contribution in [0.1, 0.15) is 55.6 Å². The van der Waals surface area contributed by atoms with Crippen molar-refractivity contribution in [1.29, 1.82) is 0 Å². The third-order valence-corrected chi connectivity index (χ3v) is 4.78. The van der Waals surface area contributed by atoms with Crippen LogP contribution in [0.25, 0.3) is 0 Å². The summed E-state index contributed by atoms with van der Waals surface area (Å²) in [7, 11) is 0. The Morgan fingerprint density at radius 3 is 2.86 bits per heavy atom. The van der Waals surface area contributed by atoms with E-state index in [0.717, 1.165) is 13.1 Å². The van der Waals surface area contributed by atoms with E-state index in [1.165, 1.54) is 36.3 Å². The quantitative estimate of drug-likeness (QED) is 0.845. The van der Waals surface area contributed by atoms with Gasteiger partial charge in [0.15, 0.2) is 0 Å². The van der Waals surface area contributed by atoms with Crippen LogP contribution in [0, 0.1) is 6.92 Å². The fourth-order valence-electron chi connectivity index (χ4n) is 3.52. The molecule has 1 aliphatic rings. The van der Waals surface area contributed by atoms with Crippen molar-refractivity contribution in [1.82, 2.24) is 14.5 Å². The van der Waals surface area contributed by atoms with Crippen LogP contribution < -0.4 is 0 Å². The Morgan fingerprint density at radius 1 is 1.27 bits per heavy atom. The predicted octanol–water partition coefficient (Wildman–Crippen LogP) is 4.15. The lowest BCUT2D eigenvalue weighted by atomic mass is 9.96. The van der Waals surface area contributed by atoms with Crippen LogP contribution in [0.3, 0.4) is 0 Å². The molecule has 0 radical (unpaired) electrons. The zero-order valence-corrected chi connectivity index (χ0v) is 14.0. The molecular weight excluding hydrogens is 270 g/mol. The van der Waals surface area contributed by atoms with Crippen LogP contribution >= 0.6 is 0 Å². The molecule has 1 unspecified atom stereocenters. The van der Waals surface area contributed by atoms with Gasteiger partial charge in [0.1, 0.15) is 5.82 Å². The van der Waals surface area contributed by atoms with E-state index in [1.54, 1.807) is 0 Å². The van der Waals surface area contributed by atoms with Crippen molar-refractivity contribution in [2.24, 2.45) is 0 Å². The summed E-state index contributed by atoms with van der Waals surface area (Å²) in [6.45, 7) is 10.1. The number of piperidine rings is 1. The first-order valence-electron chi connectivity index (χ1n) is 8.44. The highest BCUT2D eigenvalue weighted by molar-refractivity contribution is 5.25. The Kier molecular flexibility index (Phi) is 4.63. The Balaban J connectivity index is 1.72. The van der Waals surface area contributed by atoms with Gasteiger partial charge < -0.3 is 4.57 Å². The molecular formula is C19H27N3. The average Bonchev–Trinajstić information content (AvgIpc) is 3.00. The Hall–Kier alpha value is -1.61. The van der Waals surface area contributed by atoms with Gasteiger partial charge in [0.05, 0.1) is 0 Å². The van der Waals surface area contributed by atoms with Crippen LogP contribution in [-0.2, 0) is 6.54 Å². The van der Waals surface area contributed by atoms with Gasteiger partial charge in [-0.05, 0) is 51.3 Å². The summed E-state index contributed by atoms with van der Waals surface area (Å²) in [5.41, 5.74) is 2.85. The largest absolute Gasteiger partial charge is 0.332 e. The topological polar surface area (TPSA) is 21.1 Å². The molecule has 2 aromatic rings. The number of benzene rings is 1. The number of rotatable bonds is 4. The molecule has 0 bridgehead atoms. The van der Waals surface area contributed by atoms with Crippen molar-refractivity contribution < 1.29 is 0 Å². The lowest BCUT2D eigenvalue weighted by Crippen LogP contribution is -2.35. The molecule has 3 heteroatoms. The Labute approximate surface area is 134 Å². The fourth-order valence-corrected chi connectivity index (χ4v) is 3.52. The van der Waals surface area contributed by atoms with E-state index >= 15 is 0 Å². The van der Waals surface area contributed by atoms with Crippen LogP contribution in [0.4, 0.5) is 0 Å². The van der Waals surface area contributed by atoms with Gasteiger partial charge >= 0.3 is 0 Å². The molecule has 118 valence electrons. The molecule has 0 saturated carbocycles. The number of aryl methyl sites for hydroxylation is 1. The maximum Gasteiger partial charge on any atom is 0.113 e. The van der Waals surface area contributed by atoms with Crippen LogP contribution in [0.15, 0.2) is 36.7 Å². The standard InChI is InChI=1S/C19H27N3/c1-15(2)22-12-10-20-19(22)18-9-6-11-21(14-18)13-17-8-5-4-7-16(17)3/h4-5,7-8,10,12,15,18H,6,9,11,13-14H2,1-3H3. The molecule has 3 rings (SSSR count). The smallest absolute Gasteiger partial charge is 0.113 e. The molecule has 2 heterocycles. The summed E-state index contributed by atoms with van der Waals surface area (Å²) in [4.78, 5) is 7.25. The van der Waals surface area contributed by atoms with Crippen molar-refractivity contribution in [3.63, 3.8) is 0 Å². The van der Waals surface area contributed by atoms with Gasteiger partial charge in [-0.15, -0.1) is 0 Å². The van der Waals surface area contributed by atoms with Gasteiger partial charge in [-0.2, -0.15) is 0 Å². The first kappa shape index (κ1) is 15.3. The van der Waals surface area contributed by atoms with Crippen LogP contribution in [0.5, 0.6) is 0 Å². The van der Waals surface area contributed by atoms with Gasteiger partial charge in [-0.25, -0.2) is 4.98 Å². The van der Waals surface area contributed by atoms with E-state index in [9.17, 15) is 0 Å². The normalized spacial score (nSPS) is 19.7. The highest BCUT2D eigenvalue weighted by Crippen LogP contribution is 2.28. The van der Waals surface area contributed by atoms with Gasteiger partial charge in [0, 0.05) is 37.4 Å². The van der Waals surface area contributed by atoms with Gasteiger partial charge in [-0.1, -0.05) is 24.3 Å². The molecule has 1 saturated heterocycles. The van der Waals surface area contributed by atoms with Gasteiger partial charge in [-0.3, -0.25) is 4.90 Å². The molecule has 1 fully saturated rings. The predicted molar refractivity (Wildman–Crippen MR) is 91.0 cm³/mol. The molecule has 0 amide bonds. The summed E-state index contributed by atoms with van der Waals surface area (Å²) >= 11 is 0. The van der Waals surface area contributed by atoms with E-state index in [1.807, 2.05) is 6.20 Å². The highest BCUT2D eigenvalue weighted by atomic mass is 15.2. The van der Waals surface area contributed by atoms with E-state index in [4.69, 9.17) is 0 Å². The number of aromatic nitrogens is 2. The van der Waals surface area contributed by atoms with Crippen molar-refractivity contribution in [3.05, 3.63) is 53.6 Å². The van der Waals surface area contributed by atoms with Crippen molar-refractivity contribution in [2.45, 2.75) is 52.1 Å². The molecule has 3 nitrogen and oxygen atoms in total. The van der Waals surface area contributed by atoms with Crippen molar-refractivity contribution in [2.75, 3.05) is 13.1 Å². The fraction of sp³-hybridized carbons (Fsp3) is 0.526. The van der Waals surface area contributed by atoms with Gasteiger partial charge in [0.2, 0.25) is 0 Å². The molecule has 22 heavy (non-hydrogen) atoms. The first-order chi connectivity index (χ1) is 10.6. The van der Waals surface area contributed by atoms with Crippen LogP contribution in [0.2, 0.25) is 0 Å². The van der Waals surface area contributed by atoms with E-state index in [0.29, 0.717) is 12.0 Å². The lowest BCUT2D eigenvalue weighted by Gasteiger charge is -2.33. The molecule has 0 N–H and O–H groups in total. The summed E-state index contributed by atoms with van der Waals surface area (Å²) < 4.78 is 2.34. The zero-order valence-electron chi connectivity index (χ0n) is 14.0. The average molecular weight is 297 g/mol. The minimum Gasteiger partial charge on any atom is -0.332 e. The molecule has 0 spiro atoms. The summed E-state index contributed by atoms with van der Waals surface area (Å²) in [5, 5.41) is 0. The maximum absolute atomic E-state index is 4.66. The first-order valence-corrected chi connectivity index (χ1v) is 8.44. The number of imidazole rings is 1. The Bertz CT molecular complexity index is 615. The molecule has 0 aliphatic carbocycles. The number of hydrogen-bond donors (Lipinski definition) is 0. The second-order valence-electron chi connectivity index (χ2n) is 6.79. The van der Waals surface area contributed by atoms with Crippen molar-refractivity contribution >= 4 is 0 Å². The van der Waals surface area contributed by atoms with Crippen LogP contribution in [-0.4, -0.2) is 27.5 Å². The zero-order chi connectivity index (χ0) is 15.5. The second-order valence-corrected chi connectivity index (χ2v) is 6.79. The molecule has 1 aliphatic heterocycles. The molecule has 1 atom stereocenters. The van der Waals surface area contributed by atoms with E-state index in [-0.39, 0.29) is 0 Å².